The van der Waals surface area contributed by atoms with E-state index in [4.69, 9.17) is 0 Å². The van der Waals surface area contributed by atoms with E-state index >= 15 is 0 Å². The number of aromatic nitrogens is 2. The van der Waals surface area contributed by atoms with Gasteiger partial charge in [-0.3, -0.25) is 9.48 Å². The Labute approximate surface area is 187 Å². The normalized spacial score (nSPS) is 50.2. The molecule has 4 nitrogen and oxygen atoms in total. The van der Waals surface area contributed by atoms with Crippen LogP contribution in [0, 0.1) is 59.7 Å². The highest BCUT2D eigenvalue weighted by atomic mass is 16.3. The van der Waals surface area contributed by atoms with Crippen LogP contribution in [0.25, 0.3) is 0 Å². The molecule has 5 saturated carbocycles. The molecule has 0 aromatic carbocycles. The third kappa shape index (κ3) is 3.52. The van der Waals surface area contributed by atoms with Crippen LogP contribution in [0.5, 0.6) is 0 Å². The Morgan fingerprint density at radius 1 is 1.10 bits per heavy atom. The van der Waals surface area contributed by atoms with E-state index in [-0.39, 0.29) is 5.41 Å². The first-order valence-corrected chi connectivity index (χ1v) is 13.0. The van der Waals surface area contributed by atoms with Crippen molar-refractivity contribution in [1.82, 2.24) is 9.78 Å². The van der Waals surface area contributed by atoms with Crippen LogP contribution >= 0.6 is 0 Å². The van der Waals surface area contributed by atoms with Gasteiger partial charge in [0.25, 0.3) is 0 Å². The number of fused-ring (bicyclic) bond motifs is 4. The first-order valence-electron chi connectivity index (χ1n) is 13.0. The lowest BCUT2D eigenvalue weighted by atomic mass is 9.47. The van der Waals surface area contributed by atoms with Crippen molar-refractivity contribution in [2.45, 2.75) is 90.7 Å². The minimum absolute atomic E-state index is 0.172. The fourth-order valence-electron chi connectivity index (χ4n) is 8.96. The number of carbonyl (C=O) groups excluding carboxylic acids is 1. The average Bonchev–Trinajstić information content (AvgIpc) is 3.57. The van der Waals surface area contributed by atoms with Crippen molar-refractivity contribution in [2.24, 2.45) is 52.8 Å². The lowest BCUT2D eigenvalue weighted by Gasteiger charge is -2.58. The van der Waals surface area contributed by atoms with Crippen molar-refractivity contribution < 1.29 is 9.90 Å². The molecule has 1 aromatic rings. The lowest BCUT2D eigenvalue weighted by Crippen LogP contribution is -2.52. The molecule has 0 saturated heterocycles. The van der Waals surface area contributed by atoms with Crippen LogP contribution in [0.15, 0.2) is 12.4 Å². The number of aliphatic hydroxyl groups is 1. The fourth-order valence-corrected chi connectivity index (χ4v) is 8.96. The minimum atomic E-state index is -0.439. The Kier molecular flexibility index (Phi) is 4.56. The number of aryl methyl sites for hydroxylation is 1. The molecule has 5 aliphatic rings. The van der Waals surface area contributed by atoms with Gasteiger partial charge in [0.15, 0.2) is 5.78 Å². The maximum absolute atomic E-state index is 13.1. The Morgan fingerprint density at radius 3 is 2.55 bits per heavy atom. The van der Waals surface area contributed by atoms with Crippen molar-refractivity contribution in [3.05, 3.63) is 18.0 Å². The summed E-state index contributed by atoms with van der Waals surface area (Å²) in [6.45, 7) is 6.99. The minimum Gasteiger partial charge on any atom is -0.390 e. The molecule has 1 heterocycles. The molecule has 4 heteroatoms. The van der Waals surface area contributed by atoms with E-state index in [1.165, 1.54) is 38.5 Å². The lowest BCUT2D eigenvalue weighted by molar-refractivity contribution is -0.132. The van der Waals surface area contributed by atoms with E-state index in [1.54, 1.807) is 0 Å². The smallest absolute Gasteiger partial charge is 0.154 e. The topological polar surface area (TPSA) is 55.1 Å². The number of hydrogen-bond donors (Lipinski definition) is 1. The van der Waals surface area contributed by atoms with E-state index < -0.39 is 5.60 Å². The SMILES string of the molecule is Cc1cnn(CC(=O)C[C@@]2(C)CC[C@H]3[C@@H](CC[C@@H]4C[C@](C)(O)CC[C@@H]43)[C@@H]2C2C3C[C@@H]32)c1. The number of rotatable bonds is 5. The molecule has 2 unspecified atom stereocenters. The zero-order valence-corrected chi connectivity index (χ0v) is 19.6. The highest BCUT2D eigenvalue weighted by Gasteiger charge is 2.71. The number of hydrogen-bond acceptors (Lipinski definition) is 3. The summed E-state index contributed by atoms with van der Waals surface area (Å²) >= 11 is 0. The highest BCUT2D eigenvalue weighted by Crippen LogP contribution is 2.77. The summed E-state index contributed by atoms with van der Waals surface area (Å²) < 4.78 is 1.83. The molecule has 10 atom stereocenters. The van der Waals surface area contributed by atoms with Gasteiger partial charge >= 0.3 is 0 Å². The number of carbonyl (C=O) groups is 1. The van der Waals surface area contributed by atoms with Gasteiger partial charge in [0.05, 0.1) is 18.3 Å². The largest absolute Gasteiger partial charge is 0.390 e. The van der Waals surface area contributed by atoms with Gasteiger partial charge < -0.3 is 5.11 Å². The van der Waals surface area contributed by atoms with Crippen molar-refractivity contribution in [2.75, 3.05) is 0 Å². The Morgan fingerprint density at radius 2 is 1.87 bits per heavy atom. The van der Waals surface area contributed by atoms with Gasteiger partial charge in [0, 0.05) is 12.6 Å². The van der Waals surface area contributed by atoms with Crippen LogP contribution in [0.3, 0.4) is 0 Å². The van der Waals surface area contributed by atoms with E-state index in [0.717, 1.165) is 72.2 Å². The molecule has 0 radical (unpaired) electrons. The second kappa shape index (κ2) is 6.92. The second-order valence-corrected chi connectivity index (χ2v) is 12.9. The molecule has 0 bridgehead atoms. The van der Waals surface area contributed by atoms with E-state index in [1.807, 2.05) is 24.0 Å². The van der Waals surface area contributed by atoms with Crippen molar-refractivity contribution in [3.63, 3.8) is 0 Å². The second-order valence-electron chi connectivity index (χ2n) is 12.9. The molecule has 5 fully saturated rings. The van der Waals surface area contributed by atoms with Gasteiger partial charge in [0.1, 0.15) is 0 Å². The molecule has 0 spiro atoms. The molecular weight excluding hydrogens is 384 g/mol. The number of nitrogens with zero attached hydrogens (tertiary/aromatic N) is 2. The Hall–Kier alpha value is -1.16. The first kappa shape index (κ1) is 20.4. The van der Waals surface area contributed by atoms with Crippen LogP contribution in [0.1, 0.15) is 77.2 Å². The molecule has 0 amide bonds. The molecule has 6 rings (SSSR count). The molecule has 1 aromatic heterocycles. The van der Waals surface area contributed by atoms with E-state index in [2.05, 4.69) is 18.9 Å². The maximum Gasteiger partial charge on any atom is 0.154 e. The zero-order chi connectivity index (χ0) is 21.5. The summed E-state index contributed by atoms with van der Waals surface area (Å²) in [6, 6.07) is 0. The number of ketones is 1. The predicted octanol–water partition coefficient (Wildman–Crippen LogP) is 5.03. The quantitative estimate of drug-likeness (QED) is 0.721. The van der Waals surface area contributed by atoms with E-state index in [9.17, 15) is 9.90 Å². The summed E-state index contributed by atoms with van der Waals surface area (Å²) in [7, 11) is 0. The van der Waals surface area contributed by atoms with Crippen LogP contribution in [-0.4, -0.2) is 26.3 Å². The van der Waals surface area contributed by atoms with Gasteiger partial charge in [-0.15, -0.1) is 0 Å². The van der Waals surface area contributed by atoms with Crippen LogP contribution < -0.4 is 0 Å². The highest BCUT2D eigenvalue weighted by molar-refractivity contribution is 5.79. The molecule has 5 aliphatic carbocycles. The summed E-state index contributed by atoms with van der Waals surface area (Å²) in [5.41, 5.74) is 0.857. The predicted molar refractivity (Wildman–Crippen MR) is 120 cm³/mol. The molecular formula is C27H40N2O2. The van der Waals surface area contributed by atoms with Crippen molar-refractivity contribution >= 4 is 5.78 Å². The average molecular weight is 425 g/mol. The van der Waals surface area contributed by atoms with Crippen LogP contribution in [-0.2, 0) is 11.3 Å². The van der Waals surface area contributed by atoms with Crippen molar-refractivity contribution in [3.8, 4) is 0 Å². The van der Waals surface area contributed by atoms with Gasteiger partial charge in [-0.1, -0.05) is 6.92 Å². The Bertz CT molecular complexity index is 866. The number of Topliss-reactive ketones (excluding diaryl/α,β-unsaturated/α-hetero) is 1. The monoisotopic (exact) mass is 424 g/mol. The fraction of sp³-hybridized carbons (Fsp3) is 0.852. The van der Waals surface area contributed by atoms with Gasteiger partial charge in [-0.2, -0.15) is 5.10 Å². The van der Waals surface area contributed by atoms with Gasteiger partial charge in [-0.05, 0) is 124 Å². The van der Waals surface area contributed by atoms with Gasteiger partial charge in [0.2, 0.25) is 0 Å². The zero-order valence-electron chi connectivity index (χ0n) is 19.6. The maximum atomic E-state index is 13.1. The molecule has 31 heavy (non-hydrogen) atoms. The van der Waals surface area contributed by atoms with Crippen LogP contribution in [0.2, 0.25) is 0 Å². The third-order valence-corrected chi connectivity index (χ3v) is 10.5. The summed E-state index contributed by atoms with van der Waals surface area (Å²) in [6.07, 6.45) is 14.4. The van der Waals surface area contributed by atoms with E-state index in [0.29, 0.717) is 12.3 Å². The first-order chi connectivity index (χ1) is 14.7. The third-order valence-electron chi connectivity index (χ3n) is 10.5. The Balaban J connectivity index is 1.21. The summed E-state index contributed by atoms with van der Waals surface area (Å²) in [5.74, 6) is 7.25. The molecule has 170 valence electrons. The van der Waals surface area contributed by atoms with Gasteiger partial charge in [-0.25, -0.2) is 0 Å². The summed E-state index contributed by atoms with van der Waals surface area (Å²) in [4.78, 5) is 13.1. The molecule has 0 aliphatic heterocycles. The van der Waals surface area contributed by atoms with Crippen LogP contribution in [0.4, 0.5) is 0 Å². The summed E-state index contributed by atoms with van der Waals surface area (Å²) in [5, 5.41) is 15.0. The van der Waals surface area contributed by atoms with Crippen molar-refractivity contribution in [1.29, 1.82) is 0 Å². The standard InChI is InChI=1S/C27H40N2O2/c1-16-13-28-29(14-16)15-18(30)12-26(2)8-6-20-19-7-9-27(3,31)11-17(19)4-5-21(20)25(26)24-22-10-23(22)24/h13-14,17,19-25,31H,4-12,15H2,1-3H3/t17-,19+,20-,21-,22+,23?,24?,25-,26-,27-/m1/s1. The molecule has 1 N–H and O–H groups in total.